The molecule has 0 radical (unpaired) electrons. The van der Waals surface area contributed by atoms with Gasteiger partial charge in [-0.1, -0.05) is 26.0 Å². The van der Waals surface area contributed by atoms with Gasteiger partial charge >= 0.3 is 0 Å². The maximum absolute atomic E-state index is 12.9. The molecule has 1 aromatic rings. The summed E-state index contributed by atoms with van der Waals surface area (Å²) >= 11 is 0. The fourth-order valence-electron chi connectivity index (χ4n) is 1.42. The first-order valence-corrected chi connectivity index (χ1v) is 4.93. The minimum atomic E-state index is -0.279. The van der Waals surface area contributed by atoms with Crippen molar-refractivity contribution in [2.24, 2.45) is 0 Å². The van der Waals surface area contributed by atoms with Crippen LogP contribution in [0.15, 0.2) is 24.3 Å². The van der Waals surface area contributed by atoms with Crippen molar-refractivity contribution in [3.05, 3.63) is 35.6 Å². The first-order chi connectivity index (χ1) is 6.65. The number of Topliss-reactive ketones (excluding diaryl/α,β-unsaturated/α-hetero) is 1. The van der Waals surface area contributed by atoms with Crippen LogP contribution < -0.4 is 0 Å². The molecule has 1 rings (SSSR count). The third-order valence-corrected chi connectivity index (χ3v) is 2.33. The van der Waals surface area contributed by atoms with Crippen LogP contribution in [0.5, 0.6) is 0 Å². The average Bonchev–Trinajstić information content (AvgIpc) is 2.17. The lowest BCUT2D eigenvalue weighted by atomic mass is 9.94. The van der Waals surface area contributed by atoms with E-state index in [4.69, 9.17) is 0 Å². The van der Waals surface area contributed by atoms with Gasteiger partial charge in [-0.3, -0.25) is 4.79 Å². The molecule has 0 heterocycles. The summed E-state index contributed by atoms with van der Waals surface area (Å²) < 4.78 is 12.9. The number of benzene rings is 1. The Hall–Kier alpha value is -1.18. The summed E-state index contributed by atoms with van der Waals surface area (Å²) in [6.07, 6.45) is 1.41. The van der Waals surface area contributed by atoms with Crippen LogP contribution in [-0.4, -0.2) is 5.78 Å². The van der Waals surface area contributed by atoms with Crippen LogP contribution in [0, 0.1) is 5.82 Å². The Kier molecular flexibility index (Phi) is 3.81. The van der Waals surface area contributed by atoms with E-state index in [2.05, 4.69) is 0 Å². The highest BCUT2D eigenvalue weighted by Gasteiger charge is 2.14. The standard InChI is InChI=1S/C12H15FO/c1-3-5-12(14)9(2)10-6-4-7-11(13)8-10/h4,6-9H,3,5H2,1-2H3. The quantitative estimate of drug-likeness (QED) is 0.718. The van der Waals surface area contributed by atoms with E-state index < -0.39 is 0 Å². The van der Waals surface area contributed by atoms with Crippen LogP contribution >= 0.6 is 0 Å². The molecule has 1 atom stereocenters. The molecular formula is C12H15FO. The molecule has 0 aromatic heterocycles. The van der Waals surface area contributed by atoms with Gasteiger partial charge in [0.2, 0.25) is 0 Å². The molecule has 0 aliphatic heterocycles. The Balaban J connectivity index is 2.78. The summed E-state index contributed by atoms with van der Waals surface area (Å²) in [5.41, 5.74) is 0.767. The Bertz CT molecular complexity index is 320. The third-order valence-electron chi connectivity index (χ3n) is 2.33. The van der Waals surface area contributed by atoms with Crippen LogP contribution in [-0.2, 0) is 4.79 Å². The number of carbonyl (C=O) groups is 1. The summed E-state index contributed by atoms with van der Waals surface area (Å²) in [5, 5.41) is 0. The molecule has 1 nitrogen and oxygen atoms in total. The van der Waals surface area contributed by atoms with Gasteiger partial charge in [-0.25, -0.2) is 4.39 Å². The van der Waals surface area contributed by atoms with Crippen molar-refractivity contribution >= 4 is 5.78 Å². The molecule has 0 aliphatic rings. The predicted molar refractivity (Wildman–Crippen MR) is 54.7 cm³/mol. The third kappa shape index (κ3) is 2.66. The highest BCUT2D eigenvalue weighted by atomic mass is 19.1. The molecule has 0 saturated heterocycles. The fraction of sp³-hybridized carbons (Fsp3) is 0.417. The molecule has 0 bridgehead atoms. The lowest BCUT2D eigenvalue weighted by Gasteiger charge is -2.09. The number of ketones is 1. The van der Waals surface area contributed by atoms with E-state index in [9.17, 15) is 9.18 Å². The van der Waals surface area contributed by atoms with E-state index in [-0.39, 0.29) is 17.5 Å². The van der Waals surface area contributed by atoms with Crippen LogP contribution in [0.1, 0.15) is 38.2 Å². The van der Waals surface area contributed by atoms with Gasteiger partial charge in [0, 0.05) is 12.3 Å². The minimum absolute atomic E-state index is 0.179. The number of hydrogen-bond donors (Lipinski definition) is 0. The summed E-state index contributed by atoms with van der Waals surface area (Å²) in [5.74, 6) is -0.289. The Labute approximate surface area is 83.9 Å². The van der Waals surface area contributed by atoms with Gasteiger partial charge in [-0.15, -0.1) is 0 Å². The van der Waals surface area contributed by atoms with Crippen molar-refractivity contribution < 1.29 is 9.18 Å². The number of hydrogen-bond acceptors (Lipinski definition) is 1. The van der Waals surface area contributed by atoms with Gasteiger partial charge in [-0.2, -0.15) is 0 Å². The number of halogens is 1. The lowest BCUT2D eigenvalue weighted by Crippen LogP contribution is -2.08. The normalized spacial score (nSPS) is 12.5. The van der Waals surface area contributed by atoms with Gasteiger partial charge in [0.25, 0.3) is 0 Å². The van der Waals surface area contributed by atoms with Crippen molar-refractivity contribution in [2.75, 3.05) is 0 Å². The van der Waals surface area contributed by atoms with E-state index in [0.717, 1.165) is 12.0 Å². The van der Waals surface area contributed by atoms with Crippen molar-refractivity contribution in [2.45, 2.75) is 32.6 Å². The Morgan fingerprint density at radius 2 is 2.21 bits per heavy atom. The second kappa shape index (κ2) is 4.89. The molecule has 0 amide bonds. The predicted octanol–water partition coefficient (Wildman–Crippen LogP) is 3.30. The average molecular weight is 194 g/mol. The Morgan fingerprint density at radius 1 is 1.50 bits per heavy atom. The van der Waals surface area contributed by atoms with Crippen molar-refractivity contribution in [3.8, 4) is 0 Å². The largest absolute Gasteiger partial charge is 0.299 e. The van der Waals surface area contributed by atoms with Gasteiger partial charge in [0.05, 0.1) is 0 Å². The van der Waals surface area contributed by atoms with Crippen LogP contribution in [0.2, 0.25) is 0 Å². The zero-order valence-electron chi connectivity index (χ0n) is 8.59. The van der Waals surface area contributed by atoms with E-state index in [1.165, 1.54) is 12.1 Å². The molecule has 0 N–H and O–H groups in total. The van der Waals surface area contributed by atoms with Gasteiger partial charge in [-0.05, 0) is 24.1 Å². The topological polar surface area (TPSA) is 17.1 Å². The van der Waals surface area contributed by atoms with Gasteiger partial charge in [0.1, 0.15) is 11.6 Å². The zero-order chi connectivity index (χ0) is 10.6. The lowest BCUT2D eigenvalue weighted by molar-refractivity contribution is -0.120. The number of carbonyl (C=O) groups excluding carboxylic acids is 1. The maximum atomic E-state index is 12.9. The fourth-order valence-corrected chi connectivity index (χ4v) is 1.42. The Morgan fingerprint density at radius 3 is 2.79 bits per heavy atom. The summed E-state index contributed by atoms with van der Waals surface area (Å²) in [6.45, 7) is 3.79. The molecule has 0 fully saturated rings. The van der Waals surface area contributed by atoms with E-state index >= 15 is 0 Å². The molecule has 0 saturated carbocycles. The first-order valence-electron chi connectivity index (χ1n) is 4.93. The van der Waals surface area contributed by atoms with Crippen molar-refractivity contribution in [3.63, 3.8) is 0 Å². The van der Waals surface area contributed by atoms with Crippen molar-refractivity contribution in [1.82, 2.24) is 0 Å². The molecule has 0 spiro atoms. The second-order valence-electron chi connectivity index (χ2n) is 3.49. The van der Waals surface area contributed by atoms with E-state index in [0.29, 0.717) is 6.42 Å². The SMILES string of the molecule is CCCC(=O)C(C)c1cccc(F)c1. The highest BCUT2D eigenvalue weighted by molar-refractivity contribution is 5.85. The summed E-state index contributed by atoms with van der Waals surface area (Å²) in [7, 11) is 0. The molecular weight excluding hydrogens is 179 g/mol. The zero-order valence-corrected chi connectivity index (χ0v) is 8.59. The molecule has 76 valence electrons. The molecule has 1 unspecified atom stereocenters. The number of rotatable bonds is 4. The van der Waals surface area contributed by atoms with E-state index in [1.54, 1.807) is 12.1 Å². The van der Waals surface area contributed by atoms with Gasteiger partial charge < -0.3 is 0 Å². The van der Waals surface area contributed by atoms with Crippen molar-refractivity contribution in [1.29, 1.82) is 0 Å². The molecule has 0 aliphatic carbocycles. The monoisotopic (exact) mass is 194 g/mol. The van der Waals surface area contributed by atoms with Crippen LogP contribution in [0.3, 0.4) is 0 Å². The second-order valence-corrected chi connectivity index (χ2v) is 3.49. The minimum Gasteiger partial charge on any atom is -0.299 e. The summed E-state index contributed by atoms with van der Waals surface area (Å²) in [4.78, 5) is 11.5. The maximum Gasteiger partial charge on any atom is 0.140 e. The highest BCUT2D eigenvalue weighted by Crippen LogP contribution is 2.18. The van der Waals surface area contributed by atoms with Gasteiger partial charge in [0.15, 0.2) is 0 Å². The molecule has 2 heteroatoms. The van der Waals surface area contributed by atoms with Crippen LogP contribution in [0.4, 0.5) is 4.39 Å². The molecule has 1 aromatic carbocycles. The molecule has 14 heavy (non-hydrogen) atoms. The van der Waals surface area contributed by atoms with E-state index in [1.807, 2.05) is 13.8 Å². The summed E-state index contributed by atoms with van der Waals surface area (Å²) in [6, 6.07) is 6.25. The smallest absolute Gasteiger partial charge is 0.140 e. The van der Waals surface area contributed by atoms with Crippen LogP contribution in [0.25, 0.3) is 0 Å². The first kappa shape index (κ1) is 10.9.